The molecular formula is C14H20FN3. The van der Waals surface area contributed by atoms with E-state index in [4.69, 9.17) is 5.26 Å². The third-order valence-corrected chi connectivity index (χ3v) is 3.02. The van der Waals surface area contributed by atoms with Gasteiger partial charge in [0, 0.05) is 13.6 Å². The maximum absolute atomic E-state index is 13.6. The van der Waals surface area contributed by atoms with E-state index in [-0.39, 0.29) is 5.82 Å². The number of nitrogens with one attached hydrogen (secondary N) is 1. The first-order valence-corrected chi connectivity index (χ1v) is 6.14. The maximum Gasteiger partial charge on any atom is 0.146 e. The minimum absolute atomic E-state index is 0.234. The van der Waals surface area contributed by atoms with Gasteiger partial charge >= 0.3 is 0 Å². The molecule has 0 fully saturated rings. The molecule has 0 amide bonds. The van der Waals surface area contributed by atoms with Crippen molar-refractivity contribution in [2.75, 3.05) is 25.0 Å². The Hall–Kier alpha value is -1.60. The quantitative estimate of drug-likeness (QED) is 0.842. The van der Waals surface area contributed by atoms with Gasteiger partial charge in [0.1, 0.15) is 11.4 Å². The van der Waals surface area contributed by atoms with Crippen molar-refractivity contribution >= 4 is 5.69 Å². The van der Waals surface area contributed by atoms with E-state index in [0.29, 0.717) is 18.7 Å². The average molecular weight is 249 g/mol. The van der Waals surface area contributed by atoms with Crippen LogP contribution < -0.4 is 10.2 Å². The molecule has 0 aliphatic heterocycles. The Morgan fingerprint density at radius 2 is 2.11 bits per heavy atom. The van der Waals surface area contributed by atoms with Crippen LogP contribution in [0.1, 0.15) is 20.3 Å². The molecular weight excluding hydrogens is 229 g/mol. The molecule has 3 nitrogen and oxygen atoms in total. The predicted octanol–water partition coefficient (Wildman–Crippen LogP) is 2.54. The van der Waals surface area contributed by atoms with Gasteiger partial charge in [0.15, 0.2) is 0 Å². The van der Waals surface area contributed by atoms with E-state index in [1.807, 2.05) is 31.9 Å². The number of para-hydroxylation sites is 1. The fourth-order valence-corrected chi connectivity index (χ4v) is 1.85. The van der Waals surface area contributed by atoms with Gasteiger partial charge in [0.2, 0.25) is 0 Å². The summed E-state index contributed by atoms with van der Waals surface area (Å²) in [6.45, 7) is 5.20. The monoisotopic (exact) mass is 249 g/mol. The van der Waals surface area contributed by atoms with Crippen LogP contribution in [0.5, 0.6) is 0 Å². The Labute approximate surface area is 108 Å². The standard InChI is InChI=1S/C14H20FN3/c1-4-17-14(2,11-16)9-10-18(3)13-8-6-5-7-12(13)15/h5-8,17H,4,9-10H2,1-3H3. The van der Waals surface area contributed by atoms with E-state index in [9.17, 15) is 4.39 Å². The Balaban J connectivity index is 2.64. The molecule has 0 radical (unpaired) electrons. The summed E-state index contributed by atoms with van der Waals surface area (Å²) in [4.78, 5) is 1.84. The van der Waals surface area contributed by atoms with Crippen molar-refractivity contribution in [3.63, 3.8) is 0 Å². The summed E-state index contributed by atoms with van der Waals surface area (Å²) in [5.41, 5.74) is 0.00291. The molecule has 0 bridgehead atoms. The molecule has 98 valence electrons. The third-order valence-electron chi connectivity index (χ3n) is 3.02. The second-order valence-electron chi connectivity index (χ2n) is 4.60. The summed E-state index contributed by atoms with van der Waals surface area (Å²) in [6, 6.07) is 8.94. The lowest BCUT2D eigenvalue weighted by molar-refractivity contribution is 0.431. The number of hydrogen-bond donors (Lipinski definition) is 1. The first-order valence-electron chi connectivity index (χ1n) is 6.14. The van der Waals surface area contributed by atoms with Crippen molar-refractivity contribution in [1.29, 1.82) is 5.26 Å². The summed E-state index contributed by atoms with van der Waals surface area (Å²) in [5, 5.41) is 12.3. The summed E-state index contributed by atoms with van der Waals surface area (Å²) >= 11 is 0. The minimum Gasteiger partial charge on any atom is -0.372 e. The summed E-state index contributed by atoms with van der Waals surface area (Å²) in [6.07, 6.45) is 0.641. The van der Waals surface area contributed by atoms with Crippen LogP contribution in [-0.2, 0) is 0 Å². The Bertz CT molecular complexity index is 427. The van der Waals surface area contributed by atoms with E-state index in [1.165, 1.54) is 6.07 Å². The molecule has 1 aromatic carbocycles. The van der Waals surface area contributed by atoms with Crippen LogP contribution in [0.2, 0.25) is 0 Å². The van der Waals surface area contributed by atoms with Crippen LogP contribution >= 0.6 is 0 Å². The Kier molecular flexibility index (Phi) is 5.11. The van der Waals surface area contributed by atoms with Crippen molar-refractivity contribution in [3.05, 3.63) is 30.1 Å². The van der Waals surface area contributed by atoms with Crippen LogP contribution in [0.3, 0.4) is 0 Å². The van der Waals surface area contributed by atoms with Gasteiger partial charge in [-0.2, -0.15) is 5.26 Å². The molecule has 0 aliphatic rings. The molecule has 0 saturated heterocycles. The highest BCUT2D eigenvalue weighted by molar-refractivity contribution is 5.46. The lowest BCUT2D eigenvalue weighted by Crippen LogP contribution is -2.43. The largest absolute Gasteiger partial charge is 0.372 e. The fourth-order valence-electron chi connectivity index (χ4n) is 1.85. The molecule has 1 aromatic rings. The van der Waals surface area contributed by atoms with Crippen LogP contribution in [0, 0.1) is 17.1 Å². The Morgan fingerprint density at radius 3 is 2.67 bits per heavy atom. The summed E-state index contributed by atoms with van der Waals surface area (Å²) in [5.74, 6) is -0.234. The molecule has 4 heteroatoms. The topological polar surface area (TPSA) is 39.1 Å². The van der Waals surface area contributed by atoms with E-state index in [2.05, 4.69) is 11.4 Å². The van der Waals surface area contributed by atoms with Gasteiger partial charge in [-0.05, 0) is 32.0 Å². The van der Waals surface area contributed by atoms with Crippen LogP contribution in [0.25, 0.3) is 0 Å². The minimum atomic E-state index is -0.561. The van der Waals surface area contributed by atoms with Gasteiger partial charge in [-0.25, -0.2) is 4.39 Å². The highest BCUT2D eigenvalue weighted by atomic mass is 19.1. The zero-order valence-corrected chi connectivity index (χ0v) is 11.2. The third kappa shape index (κ3) is 3.71. The molecule has 0 saturated carbocycles. The lowest BCUT2D eigenvalue weighted by Gasteiger charge is -2.27. The van der Waals surface area contributed by atoms with E-state index < -0.39 is 5.54 Å². The first-order chi connectivity index (χ1) is 8.52. The molecule has 0 heterocycles. The van der Waals surface area contributed by atoms with Crippen LogP contribution in [0.4, 0.5) is 10.1 Å². The second kappa shape index (κ2) is 6.36. The highest BCUT2D eigenvalue weighted by Crippen LogP contribution is 2.18. The second-order valence-corrected chi connectivity index (χ2v) is 4.60. The number of halogens is 1. The van der Waals surface area contributed by atoms with Gasteiger partial charge in [-0.15, -0.1) is 0 Å². The smallest absolute Gasteiger partial charge is 0.146 e. The van der Waals surface area contributed by atoms with Gasteiger partial charge in [-0.3, -0.25) is 5.32 Å². The molecule has 18 heavy (non-hydrogen) atoms. The van der Waals surface area contributed by atoms with Crippen LogP contribution in [0.15, 0.2) is 24.3 Å². The Morgan fingerprint density at radius 1 is 1.44 bits per heavy atom. The van der Waals surface area contributed by atoms with E-state index in [1.54, 1.807) is 12.1 Å². The lowest BCUT2D eigenvalue weighted by atomic mass is 9.99. The zero-order chi connectivity index (χ0) is 13.6. The van der Waals surface area contributed by atoms with Crippen LogP contribution in [-0.4, -0.2) is 25.7 Å². The summed E-state index contributed by atoms with van der Waals surface area (Å²) in [7, 11) is 1.84. The number of benzene rings is 1. The summed E-state index contributed by atoms with van der Waals surface area (Å²) < 4.78 is 13.6. The highest BCUT2D eigenvalue weighted by Gasteiger charge is 2.22. The van der Waals surface area contributed by atoms with Gasteiger partial charge in [0.05, 0.1) is 11.8 Å². The molecule has 1 rings (SSSR count). The molecule has 1 N–H and O–H groups in total. The van der Waals surface area contributed by atoms with Crippen molar-refractivity contribution in [1.82, 2.24) is 5.32 Å². The van der Waals surface area contributed by atoms with Gasteiger partial charge < -0.3 is 4.90 Å². The number of rotatable bonds is 6. The maximum atomic E-state index is 13.6. The molecule has 0 aliphatic carbocycles. The van der Waals surface area contributed by atoms with Crippen molar-refractivity contribution in [3.8, 4) is 6.07 Å². The molecule has 0 spiro atoms. The van der Waals surface area contributed by atoms with Crippen molar-refractivity contribution in [2.24, 2.45) is 0 Å². The van der Waals surface area contributed by atoms with Crippen molar-refractivity contribution in [2.45, 2.75) is 25.8 Å². The normalized spacial score (nSPS) is 13.7. The van der Waals surface area contributed by atoms with Gasteiger partial charge in [0.25, 0.3) is 0 Å². The molecule has 0 aromatic heterocycles. The fraction of sp³-hybridized carbons (Fsp3) is 0.500. The number of nitriles is 1. The first kappa shape index (κ1) is 14.5. The number of hydrogen-bond acceptors (Lipinski definition) is 3. The molecule has 1 unspecified atom stereocenters. The SMILES string of the molecule is CCNC(C)(C#N)CCN(C)c1ccccc1F. The predicted molar refractivity (Wildman–Crippen MR) is 72.0 cm³/mol. The number of nitrogens with zero attached hydrogens (tertiary/aromatic N) is 2. The van der Waals surface area contributed by atoms with E-state index >= 15 is 0 Å². The van der Waals surface area contributed by atoms with Crippen molar-refractivity contribution < 1.29 is 4.39 Å². The number of anilines is 1. The van der Waals surface area contributed by atoms with Gasteiger partial charge in [-0.1, -0.05) is 19.1 Å². The average Bonchev–Trinajstić information content (AvgIpc) is 2.37. The molecule has 1 atom stereocenters. The van der Waals surface area contributed by atoms with E-state index in [0.717, 1.165) is 6.54 Å². The zero-order valence-electron chi connectivity index (χ0n) is 11.2.